The maximum atomic E-state index is 11.3. The van der Waals surface area contributed by atoms with Crippen LogP contribution in [-0.2, 0) is 0 Å². The zero-order valence-electron chi connectivity index (χ0n) is 7.33. The summed E-state index contributed by atoms with van der Waals surface area (Å²) in [7, 11) is 0. The van der Waals surface area contributed by atoms with Gasteiger partial charge in [0, 0.05) is 6.04 Å². The van der Waals surface area contributed by atoms with E-state index in [9.17, 15) is 4.79 Å². The Kier molecular flexibility index (Phi) is 2.91. The molecule has 1 atom stereocenters. The Morgan fingerprint density at radius 2 is 2.50 bits per heavy atom. The molecule has 0 spiro atoms. The predicted molar refractivity (Wildman–Crippen MR) is 45.9 cm³/mol. The van der Waals surface area contributed by atoms with Gasteiger partial charge in [-0.1, -0.05) is 6.92 Å². The molecule has 0 saturated carbocycles. The van der Waals surface area contributed by atoms with Crippen molar-refractivity contribution in [2.45, 2.75) is 26.3 Å². The summed E-state index contributed by atoms with van der Waals surface area (Å²) >= 11 is 0. The Morgan fingerprint density at radius 1 is 1.75 bits per heavy atom. The number of hydrogen-bond donors (Lipinski definition) is 1. The lowest BCUT2D eigenvalue weighted by Gasteiger charge is -2.08. The highest BCUT2D eigenvalue weighted by Crippen LogP contribution is 2.00. The van der Waals surface area contributed by atoms with Crippen LogP contribution in [0.3, 0.4) is 0 Å². The van der Waals surface area contributed by atoms with E-state index >= 15 is 0 Å². The maximum absolute atomic E-state index is 11.3. The van der Waals surface area contributed by atoms with Gasteiger partial charge < -0.3 is 9.73 Å². The molecular formula is C9H13NO2. The number of nitrogens with one attached hydrogen (secondary N) is 1. The van der Waals surface area contributed by atoms with Gasteiger partial charge in [-0.15, -0.1) is 0 Å². The molecule has 1 amide bonds. The predicted octanol–water partition coefficient (Wildman–Crippen LogP) is 1.81. The average Bonchev–Trinajstić information content (AvgIpc) is 2.56. The first-order valence-corrected chi connectivity index (χ1v) is 4.08. The lowest BCUT2D eigenvalue weighted by Crippen LogP contribution is -2.31. The zero-order valence-corrected chi connectivity index (χ0v) is 7.33. The first-order valence-electron chi connectivity index (χ1n) is 4.08. The second kappa shape index (κ2) is 3.95. The molecule has 0 fully saturated rings. The minimum absolute atomic E-state index is 0.144. The summed E-state index contributed by atoms with van der Waals surface area (Å²) in [6, 6.07) is 3.55. The Labute approximate surface area is 71.8 Å². The van der Waals surface area contributed by atoms with E-state index in [4.69, 9.17) is 4.42 Å². The summed E-state index contributed by atoms with van der Waals surface area (Å²) in [5.41, 5.74) is 0. The van der Waals surface area contributed by atoms with Crippen molar-refractivity contribution in [3.05, 3.63) is 24.2 Å². The molecule has 12 heavy (non-hydrogen) atoms. The maximum Gasteiger partial charge on any atom is 0.287 e. The fourth-order valence-electron chi connectivity index (χ4n) is 0.805. The van der Waals surface area contributed by atoms with Gasteiger partial charge in [-0.05, 0) is 25.5 Å². The first kappa shape index (κ1) is 8.84. The molecule has 0 radical (unpaired) electrons. The first-order chi connectivity index (χ1) is 5.74. The minimum Gasteiger partial charge on any atom is -0.459 e. The summed E-state index contributed by atoms with van der Waals surface area (Å²) in [4.78, 5) is 11.3. The monoisotopic (exact) mass is 167 g/mol. The highest BCUT2D eigenvalue weighted by Gasteiger charge is 2.09. The molecule has 0 saturated heterocycles. The zero-order chi connectivity index (χ0) is 8.97. The van der Waals surface area contributed by atoms with E-state index in [1.807, 2.05) is 13.8 Å². The van der Waals surface area contributed by atoms with Gasteiger partial charge in [-0.3, -0.25) is 4.79 Å². The van der Waals surface area contributed by atoms with E-state index in [2.05, 4.69) is 5.32 Å². The van der Waals surface area contributed by atoms with Gasteiger partial charge in [0.15, 0.2) is 5.76 Å². The molecule has 0 aromatic carbocycles. The van der Waals surface area contributed by atoms with Crippen LogP contribution >= 0.6 is 0 Å². The van der Waals surface area contributed by atoms with Crippen molar-refractivity contribution in [3.8, 4) is 0 Å². The second-order valence-electron chi connectivity index (χ2n) is 2.76. The van der Waals surface area contributed by atoms with E-state index in [1.165, 1.54) is 6.26 Å². The van der Waals surface area contributed by atoms with Gasteiger partial charge in [0.1, 0.15) is 0 Å². The normalized spacial score (nSPS) is 12.5. The number of hydrogen-bond acceptors (Lipinski definition) is 2. The fourth-order valence-corrected chi connectivity index (χ4v) is 0.805. The van der Waals surface area contributed by atoms with E-state index < -0.39 is 0 Å². The Bertz CT molecular complexity index is 241. The second-order valence-corrected chi connectivity index (χ2v) is 2.76. The number of rotatable bonds is 3. The van der Waals surface area contributed by atoms with Crippen LogP contribution in [0.15, 0.2) is 22.8 Å². The van der Waals surface area contributed by atoms with Crippen molar-refractivity contribution >= 4 is 5.91 Å². The standard InChI is InChI=1S/C9H13NO2/c1-3-7(2)10-9(11)8-5-4-6-12-8/h4-7H,3H2,1-2H3,(H,10,11)/t7-/m1/s1. The number of carbonyl (C=O) groups excluding carboxylic acids is 1. The Balaban J connectivity index is 2.50. The molecule has 0 unspecified atom stereocenters. The van der Waals surface area contributed by atoms with E-state index in [0.29, 0.717) is 5.76 Å². The topological polar surface area (TPSA) is 42.2 Å². The molecule has 0 aliphatic carbocycles. The summed E-state index contributed by atoms with van der Waals surface area (Å²) < 4.78 is 4.93. The highest BCUT2D eigenvalue weighted by atomic mass is 16.3. The van der Waals surface area contributed by atoms with E-state index in [-0.39, 0.29) is 11.9 Å². The van der Waals surface area contributed by atoms with Crippen LogP contribution in [0.1, 0.15) is 30.8 Å². The molecule has 1 heterocycles. The molecule has 0 aliphatic rings. The molecule has 3 nitrogen and oxygen atoms in total. The molecule has 0 aliphatic heterocycles. The molecule has 0 bridgehead atoms. The lowest BCUT2D eigenvalue weighted by molar-refractivity contribution is 0.0911. The van der Waals surface area contributed by atoms with Crippen molar-refractivity contribution in [1.29, 1.82) is 0 Å². The Hall–Kier alpha value is -1.25. The number of furan rings is 1. The molecule has 66 valence electrons. The highest BCUT2D eigenvalue weighted by molar-refractivity contribution is 5.91. The van der Waals surface area contributed by atoms with Crippen LogP contribution in [0.5, 0.6) is 0 Å². The van der Waals surface area contributed by atoms with Crippen molar-refractivity contribution in [1.82, 2.24) is 5.32 Å². The third kappa shape index (κ3) is 2.12. The molecule has 3 heteroatoms. The number of carbonyl (C=O) groups is 1. The van der Waals surface area contributed by atoms with Gasteiger partial charge in [-0.2, -0.15) is 0 Å². The van der Waals surface area contributed by atoms with Gasteiger partial charge in [0.25, 0.3) is 5.91 Å². The minimum atomic E-state index is -0.144. The van der Waals surface area contributed by atoms with Crippen molar-refractivity contribution in [2.24, 2.45) is 0 Å². The Morgan fingerprint density at radius 3 is 3.00 bits per heavy atom. The smallest absolute Gasteiger partial charge is 0.287 e. The van der Waals surface area contributed by atoms with Crippen LogP contribution in [0.4, 0.5) is 0 Å². The van der Waals surface area contributed by atoms with Gasteiger partial charge in [-0.25, -0.2) is 0 Å². The molecule has 1 N–H and O–H groups in total. The molecular weight excluding hydrogens is 154 g/mol. The van der Waals surface area contributed by atoms with Crippen LogP contribution in [-0.4, -0.2) is 11.9 Å². The summed E-state index contributed by atoms with van der Waals surface area (Å²) in [6.07, 6.45) is 2.41. The average molecular weight is 167 g/mol. The summed E-state index contributed by atoms with van der Waals surface area (Å²) in [5.74, 6) is 0.227. The molecule has 1 aromatic heterocycles. The summed E-state index contributed by atoms with van der Waals surface area (Å²) in [5, 5.41) is 2.80. The van der Waals surface area contributed by atoms with Crippen molar-refractivity contribution in [2.75, 3.05) is 0 Å². The molecule has 1 aromatic rings. The van der Waals surface area contributed by atoms with Crippen LogP contribution < -0.4 is 5.32 Å². The summed E-state index contributed by atoms with van der Waals surface area (Å²) in [6.45, 7) is 3.98. The van der Waals surface area contributed by atoms with E-state index in [0.717, 1.165) is 6.42 Å². The van der Waals surface area contributed by atoms with Gasteiger partial charge in [0.2, 0.25) is 0 Å². The van der Waals surface area contributed by atoms with Crippen LogP contribution in [0.2, 0.25) is 0 Å². The quantitative estimate of drug-likeness (QED) is 0.746. The van der Waals surface area contributed by atoms with Crippen molar-refractivity contribution < 1.29 is 9.21 Å². The van der Waals surface area contributed by atoms with Gasteiger partial charge in [0.05, 0.1) is 6.26 Å². The SMILES string of the molecule is CC[C@@H](C)NC(=O)c1ccco1. The van der Waals surface area contributed by atoms with Crippen LogP contribution in [0, 0.1) is 0 Å². The van der Waals surface area contributed by atoms with Gasteiger partial charge >= 0.3 is 0 Å². The third-order valence-corrected chi connectivity index (χ3v) is 1.73. The third-order valence-electron chi connectivity index (χ3n) is 1.73. The lowest BCUT2D eigenvalue weighted by atomic mass is 10.2. The largest absolute Gasteiger partial charge is 0.459 e. The van der Waals surface area contributed by atoms with E-state index in [1.54, 1.807) is 12.1 Å². The van der Waals surface area contributed by atoms with Crippen molar-refractivity contribution in [3.63, 3.8) is 0 Å². The van der Waals surface area contributed by atoms with Crippen LogP contribution in [0.25, 0.3) is 0 Å². The molecule has 1 rings (SSSR count). The number of amides is 1. The fraction of sp³-hybridized carbons (Fsp3) is 0.444.